The Bertz CT molecular complexity index is 773. The molecule has 1 aliphatic heterocycles. The van der Waals surface area contributed by atoms with Gasteiger partial charge in [0, 0.05) is 5.41 Å². The minimum Gasteiger partial charge on any atom is -0.497 e. The summed E-state index contributed by atoms with van der Waals surface area (Å²) in [6, 6.07) is 17.8. The highest BCUT2D eigenvalue weighted by Gasteiger charge is 2.46. The molecule has 2 aromatic carbocycles. The van der Waals surface area contributed by atoms with Crippen molar-refractivity contribution in [3.63, 3.8) is 0 Å². The van der Waals surface area contributed by atoms with Gasteiger partial charge in [0.2, 0.25) is 0 Å². The molecule has 0 spiro atoms. The van der Waals surface area contributed by atoms with Gasteiger partial charge in [0.1, 0.15) is 11.9 Å². The first-order chi connectivity index (χ1) is 11.9. The Hall–Kier alpha value is -2.55. The molecule has 2 aromatic rings. The molecule has 0 radical (unpaired) electrons. The average Bonchev–Trinajstić information content (AvgIpc) is 2.63. The number of cyclic esters (lactones) is 1. The van der Waals surface area contributed by atoms with E-state index in [1.807, 2.05) is 49.4 Å². The number of rotatable bonds is 3. The van der Waals surface area contributed by atoms with Gasteiger partial charge in [-0.15, -0.1) is 0 Å². The quantitative estimate of drug-likeness (QED) is 0.737. The van der Waals surface area contributed by atoms with Crippen molar-refractivity contribution in [1.29, 1.82) is 0 Å². The van der Waals surface area contributed by atoms with Crippen LogP contribution in [-0.2, 0) is 9.53 Å². The topological polar surface area (TPSA) is 35.5 Å². The highest BCUT2D eigenvalue weighted by molar-refractivity contribution is 5.80. The van der Waals surface area contributed by atoms with Gasteiger partial charge in [-0.1, -0.05) is 62.4 Å². The van der Waals surface area contributed by atoms with Crippen LogP contribution < -0.4 is 4.74 Å². The van der Waals surface area contributed by atoms with Crippen molar-refractivity contribution >= 4 is 12.0 Å². The molecule has 0 amide bonds. The minimum atomic E-state index is -0.322. The number of carbonyl (C=O) groups is 1. The van der Waals surface area contributed by atoms with Gasteiger partial charge >= 0.3 is 5.97 Å². The SMILES string of the molecule is COc1ccc(C2OC(=O)C(C)/C(=C\c3ccccc3)C2(C)C)cc1. The first-order valence-electron chi connectivity index (χ1n) is 8.55. The fourth-order valence-electron chi connectivity index (χ4n) is 3.51. The molecule has 2 atom stereocenters. The Labute approximate surface area is 149 Å². The molecule has 0 bridgehead atoms. The van der Waals surface area contributed by atoms with Gasteiger partial charge in [0.05, 0.1) is 13.0 Å². The van der Waals surface area contributed by atoms with Crippen LogP contribution in [0.5, 0.6) is 5.75 Å². The Balaban J connectivity index is 2.03. The monoisotopic (exact) mass is 336 g/mol. The molecular formula is C22H24O3. The second-order valence-electron chi connectivity index (χ2n) is 7.04. The third-order valence-electron chi connectivity index (χ3n) is 4.99. The lowest BCUT2D eigenvalue weighted by Gasteiger charge is -2.43. The predicted molar refractivity (Wildman–Crippen MR) is 99.2 cm³/mol. The molecule has 0 aromatic heterocycles. The first-order valence-corrected chi connectivity index (χ1v) is 8.55. The van der Waals surface area contributed by atoms with Crippen molar-refractivity contribution in [2.24, 2.45) is 11.3 Å². The maximum Gasteiger partial charge on any atom is 0.313 e. The zero-order chi connectivity index (χ0) is 18.0. The van der Waals surface area contributed by atoms with Gasteiger partial charge in [0.15, 0.2) is 0 Å². The summed E-state index contributed by atoms with van der Waals surface area (Å²) in [7, 11) is 1.64. The molecule has 1 heterocycles. The van der Waals surface area contributed by atoms with Crippen LogP contribution in [0.15, 0.2) is 60.2 Å². The molecule has 130 valence electrons. The predicted octanol–water partition coefficient (Wildman–Crippen LogP) is 5.04. The van der Waals surface area contributed by atoms with Crippen molar-refractivity contribution in [3.8, 4) is 5.75 Å². The lowest BCUT2D eigenvalue weighted by Crippen LogP contribution is -2.40. The smallest absolute Gasteiger partial charge is 0.313 e. The fourth-order valence-corrected chi connectivity index (χ4v) is 3.51. The van der Waals surface area contributed by atoms with E-state index in [4.69, 9.17) is 9.47 Å². The van der Waals surface area contributed by atoms with E-state index < -0.39 is 0 Å². The van der Waals surface area contributed by atoms with Gasteiger partial charge in [-0.3, -0.25) is 4.79 Å². The summed E-state index contributed by atoms with van der Waals surface area (Å²) in [5.74, 6) is 0.351. The number of carbonyl (C=O) groups excluding carboxylic acids is 1. The van der Waals surface area contributed by atoms with E-state index in [-0.39, 0.29) is 23.4 Å². The summed E-state index contributed by atoms with van der Waals surface area (Å²) >= 11 is 0. The van der Waals surface area contributed by atoms with E-state index in [1.165, 1.54) is 0 Å². The number of ether oxygens (including phenoxy) is 2. The van der Waals surface area contributed by atoms with Crippen molar-refractivity contribution in [3.05, 3.63) is 71.3 Å². The fraction of sp³-hybridized carbons (Fsp3) is 0.318. The lowest BCUT2D eigenvalue weighted by atomic mass is 9.69. The van der Waals surface area contributed by atoms with Crippen LogP contribution in [0, 0.1) is 11.3 Å². The number of hydrogen-bond donors (Lipinski definition) is 0. The van der Waals surface area contributed by atoms with Crippen LogP contribution in [0.2, 0.25) is 0 Å². The lowest BCUT2D eigenvalue weighted by molar-refractivity contribution is -0.164. The zero-order valence-corrected chi connectivity index (χ0v) is 15.2. The number of hydrogen-bond acceptors (Lipinski definition) is 3. The van der Waals surface area contributed by atoms with E-state index >= 15 is 0 Å². The minimum absolute atomic E-state index is 0.178. The van der Waals surface area contributed by atoms with Gasteiger partial charge in [-0.05, 0) is 35.8 Å². The Morgan fingerprint density at radius 1 is 1.04 bits per heavy atom. The van der Waals surface area contributed by atoms with Crippen molar-refractivity contribution < 1.29 is 14.3 Å². The summed E-state index contributed by atoms with van der Waals surface area (Å²) in [6.07, 6.45) is 1.80. The summed E-state index contributed by atoms with van der Waals surface area (Å²) in [4.78, 5) is 12.5. The zero-order valence-electron chi connectivity index (χ0n) is 15.2. The van der Waals surface area contributed by atoms with Crippen LogP contribution in [0.4, 0.5) is 0 Å². The number of benzene rings is 2. The molecule has 0 N–H and O–H groups in total. The number of esters is 1. The molecule has 3 rings (SSSR count). The molecular weight excluding hydrogens is 312 g/mol. The molecule has 3 nitrogen and oxygen atoms in total. The standard InChI is InChI=1S/C22H24O3/c1-15-19(14-16-8-6-5-7-9-16)22(2,3)20(25-21(15)23)17-10-12-18(24-4)13-11-17/h5-15,20H,1-4H3/b19-14+. The van der Waals surface area contributed by atoms with Crippen molar-refractivity contribution in [2.45, 2.75) is 26.9 Å². The van der Waals surface area contributed by atoms with Crippen LogP contribution in [0.1, 0.15) is 38.0 Å². The van der Waals surface area contributed by atoms with Crippen LogP contribution in [-0.4, -0.2) is 13.1 Å². The maximum atomic E-state index is 12.5. The molecule has 25 heavy (non-hydrogen) atoms. The Morgan fingerprint density at radius 3 is 2.28 bits per heavy atom. The van der Waals surface area contributed by atoms with Crippen molar-refractivity contribution in [1.82, 2.24) is 0 Å². The molecule has 1 saturated heterocycles. The third kappa shape index (κ3) is 3.32. The third-order valence-corrected chi connectivity index (χ3v) is 4.99. The van der Waals surface area contributed by atoms with Gasteiger partial charge in [-0.2, -0.15) is 0 Å². The van der Waals surface area contributed by atoms with Crippen molar-refractivity contribution in [2.75, 3.05) is 7.11 Å². The molecule has 0 saturated carbocycles. The van der Waals surface area contributed by atoms with E-state index in [9.17, 15) is 4.79 Å². The second-order valence-corrected chi connectivity index (χ2v) is 7.04. The molecule has 3 heteroatoms. The highest BCUT2D eigenvalue weighted by Crippen LogP contribution is 2.50. The van der Waals surface area contributed by atoms with E-state index in [0.29, 0.717) is 0 Å². The van der Waals surface area contributed by atoms with Gasteiger partial charge in [-0.25, -0.2) is 0 Å². The Morgan fingerprint density at radius 2 is 1.68 bits per heavy atom. The van der Waals surface area contributed by atoms with E-state index in [0.717, 1.165) is 22.4 Å². The largest absolute Gasteiger partial charge is 0.497 e. The second kappa shape index (κ2) is 6.75. The van der Waals surface area contributed by atoms with Gasteiger partial charge in [0.25, 0.3) is 0 Å². The van der Waals surface area contributed by atoms with E-state index in [1.54, 1.807) is 7.11 Å². The maximum absolute atomic E-state index is 12.5. The summed E-state index contributed by atoms with van der Waals surface area (Å²) in [5, 5.41) is 0. The highest BCUT2D eigenvalue weighted by atomic mass is 16.5. The summed E-state index contributed by atoms with van der Waals surface area (Å²) < 4.78 is 11.0. The molecule has 2 unspecified atom stereocenters. The summed E-state index contributed by atoms with van der Waals surface area (Å²) in [6.45, 7) is 6.20. The summed E-state index contributed by atoms with van der Waals surface area (Å²) in [5.41, 5.74) is 2.86. The Kier molecular flexibility index (Phi) is 4.67. The average molecular weight is 336 g/mol. The number of methoxy groups -OCH3 is 1. The van der Waals surface area contributed by atoms with Crippen LogP contribution >= 0.6 is 0 Å². The molecule has 1 aliphatic rings. The van der Waals surface area contributed by atoms with E-state index in [2.05, 4.69) is 32.1 Å². The van der Waals surface area contributed by atoms with Crippen LogP contribution in [0.3, 0.4) is 0 Å². The molecule has 0 aliphatic carbocycles. The van der Waals surface area contributed by atoms with Gasteiger partial charge < -0.3 is 9.47 Å². The van der Waals surface area contributed by atoms with Crippen LogP contribution in [0.25, 0.3) is 6.08 Å². The first kappa shape index (κ1) is 17.3. The normalized spacial score (nSPS) is 24.0. The molecule has 1 fully saturated rings.